The number of hydrogen-bond donors (Lipinski definition) is 2. The van der Waals surface area contributed by atoms with Crippen LogP contribution in [-0.4, -0.2) is 33.3 Å². The number of anilines is 1. The Morgan fingerprint density at radius 3 is 1.97 bits per heavy atom. The van der Waals surface area contributed by atoms with Crippen LogP contribution >= 0.6 is 0 Å². The normalized spacial score (nSPS) is 14.7. The highest BCUT2D eigenvalue weighted by Gasteiger charge is 2.32. The van der Waals surface area contributed by atoms with Crippen LogP contribution in [0.4, 0.5) is 10.5 Å². The summed E-state index contributed by atoms with van der Waals surface area (Å²) < 4.78 is 0. The molecule has 2 N–H and O–H groups in total. The largest absolute Gasteiger partial charge is 0.479 e. The molecule has 0 saturated heterocycles. The lowest BCUT2D eigenvalue weighted by Gasteiger charge is -2.28. The SMILES string of the molecule is O=C(O)C1C=Cc2ccccc2N1C(=O)O.c1ccc2nc3ccccc3cc2c1. The van der Waals surface area contributed by atoms with Crippen molar-refractivity contribution in [3.05, 3.63) is 90.5 Å². The number of aliphatic carboxylic acids is 1. The number of aromatic nitrogens is 1. The van der Waals surface area contributed by atoms with Gasteiger partial charge < -0.3 is 10.2 Å². The average molecular weight is 398 g/mol. The van der Waals surface area contributed by atoms with Crippen molar-refractivity contribution >= 4 is 45.6 Å². The van der Waals surface area contributed by atoms with Gasteiger partial charge in [-0.25, -0.2) is 14.6 Å². The van der Waals surface area contributed by atoms with Crippen LogP contribution in [0.5, 0.6) is 0 Å². The van der Waals surface area contributed by atoms with Gasteiger partial charge in [0.1, 0.15) is 0 Å². The maximum absolute atomic E-state index is 11.1. The molecule has 1 aromatic heterocycles. The predicted octanol–water partition coefficient (Wildman–Crippen LogP) is 5.04. The fourth-order valence-corrected chi connectivity index (χ4v) is 3.41. The third-order valence-electron chi connectivity index (χ3n) is 4.82. The first kappa shape index (κ1) is 19.1. The van der Waals surface area contributed by atoms with Gasteiger partial charge >= 0.3 is 12.1 Å². The lowest BCUT2D eigenvalue weighted by molar-refractivity contribution is -0.137. The standard InChI is InChI=1S/C13H9N.C11H9NO4/c1-3-7-12-10(5-1)9-11-6-2-4-8-13(11)14-12;13-10(14)9-6-5-7-3-1-2-4-8(7)12(9)11(15)16/h1-9H;1-6,9H,(H,13,14)(H,15,16). The minimum atomic E-state index is -1.27. The second-order valence-corrected chi connectivity index (χ2v) is 6.73. The summed E-state index contributed by atoms with van der Waals surface area (Å²) in [5.74, 6) is -1.19. The van der Waals surface area contributed by atoms with E-state index in [-0.39, 0.29) is 0 Å². The molecule has 1 unspecified atom stereocenters. The maximum Gasteiger partial charge on any atom is 0.412 e. The van der Waals surface area contributed by atoms with E-state index in [1.54, 1.807) is 30.3 Å². The molecule has 0 bridgehead atoms. The number of benzene rings is 3. The molecule has 0 radical (unpaired) electrons. The van der Waals surface area contributed by atoms with Gasteiger partial charge in [-0.2, -0.15) is 0 Å². The van der Waals surface area contributed by atoms with Gasteiger partial charge in [-0.15, -0.1) is 0 Å². The Labute approximate surface area is 172 Å². The lowest BCUT2D eigenvalue weighted by atomic mass is 10.0. The van der Waals surface area contributed by atoms with E-state index in [0.717, 1.165) is 15.9 Å². The monoisotopic (exact) mass is 398 g/mol. The fourth-order valence-electron chi connectivity index (χ4n) is 3.41. The Morgan fingerprint density at radius 2 is 1.37 bits per heavy atom. The molecule has 5 rings (SSSR count). The summed E-state index contributed by atoms with van der Waals surface area (Å²) in [6.07, 6.45) is 1.70. The molecule has 6 nitrogen and oxygen atoms in total. The minimum absolute atomic E-state index is 0.393. The summed E-state index contributed by atoms with van der Waals surface area (Å²) in [6, 6.07) is 24.2. The molecule has 6 heteroatoms. The summed E-state index contributed by atoms with van der Waals surface area (Å²) in [5.41, 5.74) is 3.21. The summed E-state index contributed by atoms with van der Waals surface area (Å²) in [7, 11) is 0. The molecule has 148 valence electrons. The van der Waals surface area contributed by atoms with E-state index in [0.29, 0.717) is 11.3 Å². The van der Waals surface area contributed by atoms with Crippen LogP contribution in [0.15, 0.2) is 84.9 Å². The first-order valence-corrected chi connectivity index (χ1v) is 9.31. The molecule has 1 aliphatic rings. The first-order valence-electron chi connectivity index (χ1n) is 9.31. The van der Waals surface area contributed by atoms with Crippen molar-refractivity contribution in [1.82, 2.24) is 4.98 Å². The number of carboxylic acids is 1. The number of carboxylic acid groups (broad SMARTS) is 2. The van der Waals surface area contributed by atoms with Gasteiger partial charge in [0, 0.05) is 10.8 Å². The van der Waals surface area contributed by atoms with E-state index in [1.165, 1.54) is 16.8 Å². The van der Waals surface area contributed by atoms with E-state index in [4.69, 9.17) is 10.2 Å². The minimum Gasteiger partial charge on any atom is -0.479 e. The molecule has 0 saturated carbocycles. The average Bonchev–Trinajstić information content (AvgIpc) is 2.77. The van der Waals surface area contributed by atoms with E-state index < -0.39 is 18.1 Å². The van der Waals surface area contributed by atoms with Gasteiger partial charge in [0.05, 0.1) is 16.7 Å². The summed E-state index contributed by atoms with van der Waals surface area (Å²) in [6.45, 7) is 0. The number of fused-ring (bicyclic) bond motifs is 3. The maximum atomic E-state index is 11.1. The van der Waals surface area contributed by atoms with Gasteiger partial charge in [0.2, 0.25) is 0 Å². The molecule has 0 aliphatic carbocycles. The first-order chi connectivity index (χ1) is 14.5. The zero-order chi connectivity index (χ0) is 21.1. The van der Waals surface area contributed by atoms with Crippen molar-refractivity contribution in [2.45, 2.75) is 6.04 Å². The van der Waals surface area contributed by atoms with E-state index in [9.17, 15) is 9.59 Å². The lowest BCUT2D eigenvalue weighted by Crippen LogP contribution is -2.45. The predicted molar refractivity (Wildman–Crippen MR) is 117 cm³/mol. The third kappa shape index (κ3) is 3.71. The number of amides is 1. The zero-order valence-electron chi connectivity index (χ0n) is 15.8. The van der Waals surface area contributed by atoms with Crippen LogP contribution in [0, 0.1) is 0 Å². The van der Waals surface area contributed by atoms with Crippen LogP contribution < -0.4 is 4.90 Å². The van der Waals surface area contributed by atoms with Gasteiger partial charge in [0.15, 0.2) is 6.04 Å². The number of para-hydroxylation sites is 3. The fraction of sp³-hybridized carbons (Fsp3) is 0.0417. The van der Waals surface area contributed by atoms with Crippen LogP contribution in [0.2, 0.25) is 0 Å². The summed E-state index contributed by atoms with van der Waals surface area (Å²) >= 11 is 0. The number of rotatable bonds is 1. The molecule has 1 amide bonds. The quantitative estimate of drug-likeness (QED) is 0.439. The number of nitrogens with zero attached hydrogens (tertiary/aromatic N) is 2. The van der Waals surface area contributed by atoms with Crippen molar-refractivity contribution in [2.24, 2.45) is 0 Å². The van der Waals surface area contributed by atoms with Crippen LogP contribution in [0.25, 0.3) is 27.9 Å². The molecule has 1 aliphatic heterocycles. The molecule has 3 aromatic carbocycles. The molecule has 1 atom stereocenters. The zero-order valence-corrected chi connectivity index (χ0v) is 15.8. The van der Waals surface area contributed by atoms with Crippen molar-refractivity contribution in [2.75, 3.05) is 4.90 Å². The Balaban J connectivity index is 0.000000146. The second kappa shape index (κ2) is 8.05. The van der Waals surface area contributed by atoms with Crippen molar-refractivity contribution in [3.63, 3.8) is 0 Å². The van der Waals surface area contributed by atoms with Crippen molar-refractivity contribution in [3.8, 4) is 0 Å². The molecule has 4 aromatic rings. The van der Waals surface area contributed by atoms with Gasteiger partial charge in [0.25, 0.3) is 0 Å². The molecule has 0 fully saturated rings. The number of carbonyl (C=O) groups is 2. The third-order valence-corrected chi connectivity index (χ3v) is 4.82. The van der Waals surface area contributed by atoms with Crippen LogP contribution in [-0.2, 0) is 4.79 Å². The van der Waals surface area contributed by atoms with Gasteiger partial charge in [-0.1, -0.05) is 60.7 Å². The van der Waals surface area contributed by atoms with Crippen molar-refractivity contribution < 1.29 is 19.8 Å². The van der Waals surface area contributed by atoms with Gasteiger partial charge in [-0.05, 0) is 35.9 Å². The number of pyridine rings is 1. The molecule has 0 spiro atoms. The smallest absolute Gasteiger partial charge is 0.412 e. The highest BCUT2D eigenvalue weighted by atomic mass is 16.4. The van der Waals surface area contributed by atoms with Crippen LogP contribution in [0.1, 0.15) is 5.56 Å². The Kier molecular flexibility index (Phi) is 5.13. The molecule has 2 heterocycles. The summed E-state index contributed by atoms with van der Waals surface area (Å²) in [4.78, 5) is 27.4. The Bertz CT molecular complexity index is 1180. The van der Waals surface area contributed by atoms with E-state index >= 15 is 0 Å². The topological polar surface area (TPSA) is 90.7 Å². The second-order valence-electron chi connectivity index (χ2n) is 6.73. The molecule has 30 heavy (non-hydrogen) atoms. The Morgan fingerprint density at radius 1 is 0.800 bits per heavy atom. The summed E-state index contributed by atoms with van der Waals surface area (Å²) in [5, 5.41) is 20.4. The Hall–Kier alpha value is -4.19. The highest BCUT2D eigenvalue weighted by Crippen LogP contribution is 2.28. The van der Waals surface area contributed by atoms with Crippen molar-refractivity contribution in [1.29, 1.82) is 0 Å². The van der Waals surface area contributed by atoms with Crippen LogP contribution in [0.3, 0.4) is 0 Å². The molecular formula is C24H18N2O4. The van der Waals surface area contributed by atoms with E-state index in [1.807, 2.05) is 36.4 Å². The molecular weight excluding hydrogens is 380 g/mol. The highest BCUT2D eigenvalue weighted by molar-refractivity contribution is 5.99. The number of hydrogen-bond acceptors (Lipinski definition) is 3. The van der Waals surface area contributed by atoms with Gasteiger partial charge in [-0.3, -0.25) is 4.90 Å². The van der Waals surface area contributed by atoms with E-state index in [2.05, 4.69) is 23.2 Å².